The summed E-state index contributed by atoms with van der Waals surface area (Å²) in [4.78, 5) is 5.35. The maximum atomic E-state index is 5.72. The van der Waals surface area contributed by atoms with E-state index in [-0.39, 0.29) is 0 Å². The fraction of sp³-hybridized carbons (Fsp3) is 0.143. The molecule has 0 aliphatic rings. The molecule has 0 aromatic carbocycles. The van der Waals surface area contributed by atoms with Crippen molar-refractivity contribution in [2.75, 3.05) is 5.73 Å². The predicted molar refractivity (Wildman–Crippen MR) is 51.5 cm³/mol. The molecule has 0 saturated carbocycles. The van der Waals surface area contributed by atoms with Gasteiger partial charge in [-0.1, -0.05) is 11.6 Å². The van der Waals surface area contributed by atoms with Crippen LogP contribution in [-0.2, 0) is 7.05 Å². The number of tetrazole rings is 1. The molecule has 2 rings (SSSR count). The fourth-order valence-corrected chi connectivity index (χ4v) is 1.15. The fourth-order valence-electron chi connectivity index (χ4n) is 1.00. The number of nitrogen functional groups attached to an aromatic ring is 1. The van der Waals surface area contributed by atoms with Crippen LogP contribution in [-0.4, -0.2) is 25.2 Å². The number of hydrogen-bond acceptors (Lipinski definition) is 5. The summed E-state index contributed by atoms with van der Waals surface area (Å²) in [5.41, 5.74) is 6.62. The third kappa shape index (κ3) is 1.51. The van der Waals surface area contributed by atoms with Crippen LogP contribution in [0.15, 0.2) is 12.1 Å². The van der Waals surface area contributed by atoms with Gasteiger partial charge in [-0.3, -0.25) is 0 Å². The molecule has 0 radical (unpaired) electrons. The van der Waals surface area contributed by atoms with Crippen LogP contribution >= 0.6 is 11.6 Å². The second-order valence-electron chi connectivity index (χ2n) is 2.67. The predicted octanol–water partition coefficient (Wildman–Crippen LogP) is 0.508. The Bertz CT molecular complexity index is 465. The van der Waals surface area contributed by atoms with Crippen LogP contribution in [0.1, 0.15) is 0 Å². The van der Waals surface area contributed by atoms with Gasteiger partial charge in [0.15, 0.2) is 0 Å². The number of anilines is 1. The number of nitrogens with two attached hydrogens (primary N) is 1. The first kappa shape index (κ1) is 8.89. The zero-order chi connectivity index (χ0) is 10.1. The molecule has 0 aliphatic heterocycles. The van der Waals surface area contributed by atoms with Gasteiger partial charge < -0.3 is 5.73 Å². The van der Waals surface area contributed by atoms with Crippen molar-refractivity contribution in [3.63, 3.8) is 0 Å². The van der Waals surface area contributed by atoms with E-state index in [9.17, 15) is 0 Å². The normalized spacial score (nSPS) is 10.4. The molecule has 0 spiro atoms. The SMILES string of the molecule is Cn1nnc(-c2nc(Cl)ccc2N)n1. The minimum Gasteiger partial charge on any atom is -0.397 e. The maximum absolute atomic E-state index is 5.72. The lowest BCUT2D eigenvalue weighted by Crippen LogP contribution is -1.96. The second kappa shape index (κ2) is 3.22. The van der Waals surface area contributed by atoms with Crippen LogP contribution in [0.3, 0.4) is 0 Å². The largest absolute Gasteiger partial charge is 0.397 e. The van der Waals surface area contributed by atoms with Crippen LogP contribution in [0.25, 0.3) is 11.5 Å². The van der Waals surface area contributed by atoms with Crippen LogP contribution in [0, 0.1) is 0 Å². The Balaban J connectivity index is 2.55. The standard InChI is InChI=1S/C7H7ClN6/c1-14-12-7(11-13-14)6-4(9)2-3-5(8)10-6/h2-3H,9H2,1H3. The first-order valence-electron chi connectivity index (χ1n) is 3.83. The first-order chi connectivity index (χ1) is 6.66. The van der Waals surface area contributed by atoms with E-state index >= 15 is 0 Å². The summed E-state index contributed by atoms with van der Waals surface area (Å²) in [5, 5.41) is 11.8. The van der Waals surface area contributed by atoms with Gasteiger partial charge in [-0.15, -0.1) is 10.2 Å². The first-order valence-corrected chi connectivity index (χ1v) is 4.21. The Hall–Kier alpha value is -1.69. The van der Waals surface area contributed by atoms with Crippen molar-refractivity contribution < 1.29 is 0 Å². The Morgan fingerprint density at radius 3 is 2.86 bits per heavy atom. The second-order valence-corrected chi connectivity index (χ2v) is 3.06. The van der Waals surface area contributed by atoms with E-state index in [0.29, 0.717) is 22.4 Å². The van der Waals surface area contributed by atoms with E-state index in [1.165, 1.54) is 4.80 Å². The van der Waals surface area contributed by atoms with Crippen molar-refractivity contribution >= 4 is 17.3 Å². The molecule has 0 unspecified atom stereocenters. The topological polar surface area (TPSA) is 82.5 Å². The van der Waals surface area contributed by atoms with Gasteiger partial charge in [0.2, 0.25) is 5.82 Å². The smallest absolute Gasteiger partial charge is 0.225 e. The minimum atomic E-state index is 0.349. The van der Waals surface area contributed by atoms with E-state index in [0.717, 1.165) is 0 Å². The highest BCUT2D eigenvalue weighted by molar-refractivity contribution is 6.29. The molecule has 0 atom stereocenters. The number of aromatic nitrogens is 5. The van der Waals surface area contributed by atoms with E-state index < -0.39 is 0 Å². The lowest BCUT2D eigenvalue weighted by atomic mass is 10.3. The Morgan fingerprint density at radius 1 is 1.43 bits per heavy atom. The zero-order valence-electron chi connectivity index (χ0n) is 7.35. The van der Waals surface area contributed by atoms with Gasteiger partial charge in [0, 0.05) is 0 Å². The van der Waals surface area contributed by atoms with Gasteiger partial charge >= 0.3 is 0 Å². The highest BCUT2D eigenvalue weighted by atomic mass is 35.5. The van der Waals surface area contributed by atoms with E-state index in [1.54, 1.807) is 19.2 Å². The molecule has 6 nitrogen and oxygen atoms in total. The number of halogens is 1. The number of pyridine rings is 1. The van der Waals surface area contributed by atoms with Gasteiger partial charge in [-0.2, -0.15) is 4.80 Å². The Kier molecular flexibility index (Phi) is 2.05. The Labute approximate surface area is 84.7 Å². The molecular weight excluding hydrogens is 204 g/mol. The van der Waals surface area contributed by atoms with Crippen molar-refractivity contribution in [1.82, 2.24) is 25.2 Å². The highest BCUT2D eigenvalue weighted by Crippen LogP contribution is 2.21. The van der Waals surface area contributed by atoms with Crippen LogP contribution in [0.5, 0.6) is 0 Å². The molecule has 0 fully saturated rings. The van der Waals surface area contributed by atoms with Gasteiger partial charge in [0.1, 0.15) is 10.8 Å². The van der Waals surface area contributed by atoms with Crippen LogP contribution in [0.2, 0.25) is 5.15 Å². The number of hydrogen-bond donors (Lipinski definition) is 1. The van der Waals surface area contributed by atoms with Crippen molar-refractivity contribution in [3.8, 4) is 11.5 Å². The molecular formula is C7H7ClN6. The molecule has 0 amide bonds. The van der Waals surface area contributed by atoms with Gasteiger partial charge in [-0.05, 0) is 17.3 Å². The third-order valence-electron chi connectivity index (χ3n) is 1.61. The van der Waals surface area contributed by atoms with E-state index in [1.807, 2.05) is 0 Å². The molecule has 2 heterocycles. The van der Waals surface area contributed by atoms with Crippen molar-refractivity contribution in [2.45, 2.75) is 0 Å². The minimum absolute atomic E-state index is 0.349. The van der Waals surface area contributed by atoms with Crippen molar-refractivity contribution in [2.24, 2.45) is 7.05 Å². The van der Waals surface area contributed by atoms with Crippen LogP contribution < -0.4 is 5.73 Å². The molecule has 14 heavy (non-hydrogen) atoms. The molecule has 2 N–H and O–H groups in total. The van der Waals surface area contributed by atoms with Gasteiger partial charge in [0.05, 0.1) is 12.7 Å². The Morgan fingerprint density at radius 2 is 2.21 bits per heavy atom. The molecule has 0 saturated heterocycles. The molecule has 0 bridgehead atoms. The monoisotopic (exact) mass is 210 g/mol. The molecule has 0 aliphatic carbocycles. The third-order valence-corrected chi connectivity index (χ3v) is 1.82. The average molecular weight is 211 g/mol. The quantitative estimate of drug-likeness (QED) is 0.694. The highest BCUT2D eigenvalue weighted by Gasteiger charge is 2.10. The molecule has 2 aromatic heterocycles. The number of aryl methyl sites for hydroxylation is 1. The number of rotatable bonds is 1. The maximum Gasteiger partial charge on any atom is 0.225 e. The van der Waals surface area contributed by atoms with Crippen LogP contribution in [0.4, 0.5) is 5.69 Å². The average Bonchev–Trinajstić information content (AvgIpc) is 2.56. The van der Waals surface area contributed by atoms with Gasteiger partial charge in [0.25, 0.3) is 0 Å². The lowest BCUT2D eigenvalue weighted by molar-refractivity contribution is 0.630. The summed E-state index contributed by atoms with van der Waals surface area (Å²) in [7, 11) is 1.66. The van der Waals surface area contributed by atoms with E-state index in [4.69, 9.17) is 17.3 Å². The number of nitrogens with zero attached hydrogens (tertiary/aromatic N) is 5. The van der Waals surface area contributed by atoms with E-state index in [2.05, 4.69) is 20.4 Å². The van der Waals surface area contributed by atoms with Gasteiger partial charge in [-0.25, -0.2) is 4.98 Å². The zero-order valence-corrected chi connectivity index (χ0v) is 8.10. The lowest BCUT2D eigenvalue weighted by Gasteiger charge is -1.99. The molecule has 72 valence electrons. The summed E-state index contributed by atoms with van der Waals surface area (Å²) in [6.45, 7) is 0. The molecule has 7 heteroatoms. The summed E-state index contributed by atoms with van der Waals surface area (Å²) < 4.78 is 0. The van der Waals surface area contributed by atoms with Crippen molar-refractivity contribution in [1.29, 1.82) is 0 Å². The summed E-state index contributed by atoms with van der Waals surface area (Å²) in [6.07, 6.45) is 0. The summed E-state index contributed by atoms with van der Waals surface area (Å²) in [5.74, 6) is 0.368. The molecule has 2 aromatic rings. The van der Waals surface area contributed by atoms with Crippen molar-refractivity contribution in [3.05, 3.63) is 17.3 Å². The summed E-state index contributed by atoms with van der Waals surface area (Å²) >= 11 is 5.72. The summed E-state index contributed by atoms with van der Waals surface area (Å²) in [6, 6.07) is 3.26.